The number of hydrogen-bond acceptors (Lipinski definition) is 2. The molecule has 31 heavy (non-hydrogen) atoms. The fourth-order valence-electron chi connectivity index (χ4n) is 3.69. The summed E-state index contributed by atoms with van der Waals surface area (Å²) < 4.78 is 52.7. The molecule has 4 nitrogen and oxygen atoms in total. The third-order valence-corrected chi connectivity index (χ3v) is 5.15. The Morgan fingerprint density at radius 3 is 2.48 bits per heavy atom. The summed E-state index contributed by atoms with van der Waals surface area (Å²) in [5.41, 5.74) is 1.11. The first-order valence-electron chi connectivity index (χ1n) is 9.33. The number of hydrogen-bond donors (Lipinski definition) is 2. The minimum absolute atomic E-state index is 0.256. The van der Waals surface area contributed by atoms with Crippen LogP contribution >= 0.6 is 0 Å². The summed E-state index contributed by atoms with van der Waals surface area (Å²) in [6, 6.07) is 13.2. The Hall–Kier alpha value is -3.68. The van der Waals surface area contributed by atoms with Crippen LogP contribution in [0.15, 0.2) is 60.7 Å². The lowest BCUT2D eigenvalue weighted by Gasteiger charge is -2.18. The van der Waals surface area contributed by atoms with Gasteiger partial charge in [-0.25, -0.2) is 4.39 Å². The number of benzene rings is 3. The van der Waals surface area contributed by atoms with Gasteiger partial charge in [0.05, 0.1) is 11.6 Å². The highest BCUT2D eigenvalue weighted by Crippen LogP contribution is 2.38. The fraction of sp³-hybridized carbons (Fsp3) is 0.130. The zero-order valence-electron chi connectivity index (χ0n) is 16.2. The smallest absolute Gasteiger partial charge is 0.341 e. The van der Waals surface area contributed by atoms with E-state index in [1.165, 1.54) is 0 Å². The van der Waals surface area contributed by atoms with Gasteiger partial charge in [-0.1, -0.05) is 30.3 Å². The second kappa shape index (κ2) is 7.54. The highest BCUT2D eigenvalue weighted by atomic mass is 19.4. The van der Waals surface area contributed by atoms with Gasteiger partial charge in [0.1, 0.15) is 5.82 Å². The number of carbonyl (C=O) groups excluding carboxylic acids is 2. The second-order valence-corrected chi connectivity index (χ2v) is 7.21. The van der Waals surface area contributed by atoms with E-state index in [2.05, 4.69) is 10.6 Å². The molecule has 1 aliphatic rings. The van der Waals surface area contributed by atoms with Crippen LogP contribution in [0.4, 0.5) is 23.2 Å². The Labute approximate surface area is 174 Å². The predicted octanol–water partition coefficient (Wildman–Crippen LogP) is 5.24. The maximum Gasteiger partial charge on any atom is 0.416 e. The molecule has 0 radical (unpaired) electrons. The molecule has 2 N–H and O–H groups in total. The van der Waals surface area contributed by atoms with E-state index in [0.717, 1.165) is 17.2 Å². The molecule has 8 heteroatoms. The van der Waals surface area contributed by atoms with Gasteiger partial charge in [0, 0.05) is 22.4 Å². The molecule has 2 amide bonds. The van der Waals surface area contributed by atoms with Gasteiger partial charge in [-0.2, -0.15) is 13.2 Å². The molecular formula is C23H16F4N2O2. The number of aryl methyl sites for hydroxylation is 1. The molecule has 0 aromatic heterocycles. The van der Waals surface area contributed by atoms with Gasteiger partial charge in [0.2, 0.25) is 0 Å². The van der Waals surface area contributed by atoms with Crippen LogP contribution in [0, 0.1) is 12.7 Å². The third-order valence-electron chi connectivity index (χ3n) is 5.15. The molecule has 0 saturated carbocycles. The van der Waals surface area contributed by atoms with E-state index >= 15 is 0 Å². The normalized spacial score (nSPS) is 15.4. The highest BCUT2D eigenvalue weighted by molar-refractivity contribution is 6.07. The number of nitrogens with one attached hydrogen (secondary N) is 2. The highest BCUT2D eigenvalue weighted by Gasteiger charge is 2.34. The summed E-state index contributed by atoms with van der Waals surface area (Å²) in [5.74, 6) is -2.42. The lowest BCUT2D eigenvalue weighted by Crippen LogP contribution is -2.21. The molecule has 3 aromatic rings. The first-order valence-corrected chi connectivity index (χ1v) is 9.33. The van der Waals surface area contributed by atoms with Crippen LogP contribution in [0.3, 0.4) is 0 Å². The first-order chi connectivity index (χ1) is 14.6. The summed E-state index contributed by atoms with van der Waals surface area (Å²) in [4.78, 5) is 25.2. The van der Waals surface area contributed by atoms with E-state index in [0.29, 0.717) is 23.3 Å². The van der Waals surface area contributed by atoms with Crippen molar-refractivity contribution in [3.63, 3.8) is 0 Å². The minimum Gasteiger partial charge on any atom is -0.341 e. The molecule has 0 spiro atoms. The molecule has 1 unspecified atom stereocenters. The Morgan fingerprint density at radius 2 is 1.77 bits per heavy atom. The number of fused-ring (bicyclic) bond motifs is 1. The van der Waals surface area contributed by atoms with Gasteiger partial charge >= 0.3 is 6.18 Å². The van der Waals surface area contributed by atoms with Crippen LogP contribution in [0.1, 0.15) is 49.0 Å². The van der Waals surface area contributed by atoms with Gasteiger partial charge in [-0.3, -0.25) is 9.59 Å². The van der Waals surface area contributed by atoms with E-state index in [4.69, 9.17) is 0 Å². The molecule has 158 valence electrons. The van der Waals surface area contributed by atoms with Crippen LogP contribution in [-0.2, 0) is 6.18 Å². The predicted molar refractivity (Wildman–Crippen MR) is 106 cm³/mol. The van der Waals surface area contributed by atoms with Gasteiger partial charge < -0.3 is 10.6 Å². The molecule has 1 aliphatic heterocycles. The van der Waals surface area contributed by atoms with Crippen molar-refractivity contribution < 1.29 is 27.2 Å². The Kier molecular flexibility index (Phi) is 5.00. The van der Waals surface area contributed by atoms with E-state index in [1.54, 1.807) is 18.2 Å². The standard InChI is InChI=1S/C23H16F4N2O2/c1-12-5-2-3-6-16(12)20-19-17(22(31)29-20)7-4-8-18(19)28-21(30)13-9-14(23(25,26)27)11-15(24)10-13/h2-11,20H,1H3,(H,28,30)(H,29,31). The number of anilines is 1. The molecule has 0 fully saturated rings. The average molecular weight is 428 g/mol. The van der Waals surface area contributed by atoms with Crippen molar-refractivity contribution in [2.45, 2.75) is 19.1 Å². The van der Waals surface area contributed by atoms with Crippen LogP contribution in [0.2, 0.25) is 0 Å². The zero-order valence-corrected chi connectivity index (χ0v) is 16.2. The quantitative estimate of drug-likeness (QED) is 0.561. The van der Waals surface area contributed by atoms with Crippen LogP contribution in [0.25, 0.3) is 0 Å². The molecule has 0 aliphatic carbocycles. The third kappa shape index (κ3) is 3.88. The van der Waals surface area contributed by atoms with Crippen molar-refractivity contribution in [2.75, 3.05) is 5.32 Å². The van der Waals surface area contributed by atoms with E-state index < -0.39 is 35.1 Å². The number of halogens is 4. The SMILES string of the molecule is Cc1ccccc1C1NC(=O)c2cccc(NC(=O)c3cc(F)cc(C(F)(F)F)c3)c21. The van der Waals surface area contributed by atoms with Crippen molar-refractivity contribution in [3.8, 4) is 0 Å². The topological polar surface area (TPSA) is 58.2 Å². The molecule has 0 saturated heterocycles. The van der Waals surface area contributed by atoms with Crippen LogP contribution < -0.4 is 10.6 Å². The maximum absolute atomic E-state index is 13.7. The first kappa shape index (κ1) is 20.6. The summed E-state index contributed by atoms with van der Waals surface area (Å²) >= 11 is 0. The van der Waals surface area contributed by atoms with Gasteiger partial charge in [-0.05, 0) is 48.4 Å². The van der Waals surface area contributed by atoms with Gasteiger partial charge in [0.15, 0.2) is 0 Å². The maximum atomic E-state index is 13.7. The molecule has 3 aromatic carbocycles. The number of alkyl halides is 3. The minimum atomic E-state index is -4.79. The van der Waals surface area contributed by atoms with Crippen molar-refractivity contribution >= 4 is 17.5 Å². The van der Waals surface area contributed by atoms with Crippen molar-refractivity contribution in [1.82, 2.24) is 5.32 Å². The van der Waals surface area contributed by atoms with E-state index in [1.807, 2.05) is 31.2 Å². The number of amides is 2. The van der Waals surface area contributed by atoms with E-state index in [-0.39, 0.29) is 11.6 Å². The summed E-state index contributed by atoms with van der Waals surface area (Å²) in [5, 5.41) is 5.41. The van der Waals surface area contributed by atoms with Crippen molar-refractivity contribution in [2.24, 2.45) is 0 Å². The molecule has 1 heterocycles. The summed E-state index contributed by atoms with van der Waals surface area (Å²) in [6.07, 6.45) is -4.79. The summed E-state index contributed by atoms with van der Waals surface area (Å²) in [6.45, 7) is 1.88. The molecule has 4 rings (SSSR count). The Bertz CT molecular complexity index is 1200. The molecule has 0 bridgehead atoms. The second-order valence-electron chi connectivity index (χ2n) is 7.21. The zero-order chi connectivity index (χ0) is 22.3. The van der Waals surface area contributed by atoms with Crippen LogP contribution in [-0.4, -0.2) is 11.8 Å². The molecular weight excluding hydrogens is 412 g/mol. The fourth-order valence-corrected chi connectivity index (χ4v) is 3.69. The Balaban J connectivity index is 1.74. The van der Waals surface area contributed by atoms with Crippen molar-refractivity contribution in [1.29, 1.82) is 0 Å². The average Bonchev–Trinajstić information content (AvgIpc) is 3.05. The lowest BCUT2D eigenvalue weighted by molar-refractivity contribution is -0.137. The van der Waals surface area contributed by atoms with Crippen molar-refractivity contribution in [3.05, 3.63) is 99.9 Å². The van der Waals surface area contributed by atoms with Gasteiger partial charge in [-0.15, -0.1) is 0 Å². The lowest BCUT2D eigenvalue weighted by atomic mass is 9.93. The van der Waals surface area contributed by atoms with Gasteiger partial charge in [0.25, 0.3) is 11.8 Å². The largest absolute Gasteiger partial charge is 0.416 e. The summed E-state index contributed by atoms with van der Waals surface area (Å²) in [7, 11) is 0. The monoisotopic (exact) mass is 428 g/mol. The van der Waals surface area contributed by atoms with E-state index in [9.17, 15) is 27.2 Å². The molecule has 1 atom stereocenters. The van der Waals surface area contributed by atoms with Crippen LogP contribution in [0.5, 0.6) is 0 Å². The number of rotatable bonds is 3. The number of carbonyl (C=O) groups is 2. The Morgan fingerprint density at radius 1 is 1.03 bits per heavy atom.